The molecule has 9 nitrogen and oxygen atoms in total. The van der Waals surface area contributed by atoms with Crippen molar-refractivity contribution in [2.24, 2.45) is 0 Å². The number of oxazole rings is 1. The van der Waals surface area contributed by atoms with Crippen molar-refractivity contribution in [2.45, 2.75) is 44.4 Å². The third-order valence-electron chi connectivity index (χ3n) is 6.03. The van der Waals surface area contributed by atoms with Crippen LogP contribution in [0, 0.1) is 0 Å². The Balaban J connectivity index is 1.22. The Morgan fingerprint density at radius 3 is 2.83 bits per heavy atom. The van der Waals surface area contributed by atoms with Gasteiger partial charge in [-0.3, -0.25) is 19.7 Å². The molecule has 0 saturated carbocycles. The van der Waals surface area contributed by atoms with E-state index in [1.807, 2.05) is 18.2 Å². The number of hydrogen-bond donors (Lipinski definition) is 3. The Kier molecular flexibility index (Phi) is 4.84. The smallest absolute Gasteiger partial charge is 0.255 e. The predicted octanol–water partition coefficient (Wildman–Crippen LogP) is 0.412. The number of benzene rings is 1. The molecule has 0 bridgehead atoms. The molecule has 3 aliphatic heterocycles. The second-order valence-electron chi connectivity index (χ2n) is 8.01. The number of carbonyl (C=O) groups is 3. The zero-order valence-electron chi connectivity index (χ0n) is 16.4. The van der Waals surface area contributed by atoms with Crippen LogP contribution in [0.3, 0.4) is 0 Å². The Labute approximate surface area is 173 Å². The molecule has 1 aromatic heterocycles. The van der Waals surface area contributed by atoms with Crippen LogP contribution in [0.1, 0.15) is 51.7 Å². The van der Waals surface area contributed by atoms with Gasteiger partial charge in [0.2, 0.25) is 11.8 Å². The highest BCUT2D eigenvalue weighted by Gasteiger charge is 2.39. The number of fused-ring (bicyclic) bond motifs is 1. The largest absolute Gasteiger partial charge is 0.448 e. The van der Waals surface area contributed by atoms with E-state index in [0.717, 1.165) is 35.7 Å². The summed E-state index contributed by atoms with van der Waals surface area (Å²) in [6.45, 7) is 3.47. The van der Waals surface area contributed by atoms with E-state index in [1.165, 1.54) is 6.39 Å². The molecule has 0 radical (unpaired) electrons. The fraction of sp³-hybridized carbons (Fsp3) is 0.429. The van der Waals surface area contributed by atoms with E-state index in [0.29, 0.717) is 37.5 Å². The lowest BCUT2D eigenvalue weighted by Gasteiger charge is -2.29. The minimum atomic E-state index is -0.587. The number of carbonyl (C=O) groups excluding carboxylic acids is 3. The molecule has 2 saturated heterocycles. The van der Waals surface area contributed by atoms with Gasteiger partial charge in [0.05, 0.1) is 5.69 Å². The van der Waals surface area contributed by atoms with Crippen LogP contribution in [-0.2, 0) is 29.2 Å². The number of aromatic nitrogens is 1. The quantitative estimate of drug-likeness (QED) is 0.592. The van der Waals surface area contributed by atoms with E-state index in [-0.39, 0.29) is 24.1 Å². The minimum Gasteiger partial charge on any atom is -0.448 e. The highest BCUT2D eigenvalue weighted by molar-refractivity contribution is 6.05. The maximum absolute atomic E-state index is 12.8. The summed E-state index contributed by atoms with van der Waals surface area (Å²) in [5.74, 6) is 0.520. The normalized spacial score (nSPS) is 21.5. The zero-order valence-corrected chi connectivity index (χ0v) is 16.4. The Morgan fingerprint density at radius 1 is 1.20 bits per heavy atom. The molecule has 1 atom stereocenters. The van der Waals surface area contributed by atoms with Crippen molar-refractivity contribution in [3.63, 3.8) is 0 Å². The molecule has 3 N–H and O–H groups in total. The molecule has 2 aromatic rings. The molecule has 2 fully saturated rings. The first-order valence-corrected chi connectivity index (χ1v) is 10.2. The molecular weight excluding hydrogens is 386 g/mol. The van der Waals surface area contributed by atoms with Crippen molar-refractivity contribution in [1.29, 1.82) is 0 Å². The average Bonchev–Trinajstić information content (AvgIpc) is 3.25. The summed E-state index contributed by atoms with van der Waals surface area (Å²) in [4.78, 5) is 42.2. The second kappa shape index (κ2) is 7.66. The highest BCUT2D eigenvalue weighted by atomic mass is 16.3. The molecule has 9 heteroatoms. The van der Waals surface area contributed by atoms with E-state index >= 15 is 0 Å². The van der Waals surface area contributed by atoms with Crippen LogP contribution in [0.15, 0.2) is 29.0 Å². The van der Waals surface area contributed by atoms with Gasteiger partial charge in [0.15, 0.2) is 6.39 Å². The molecule has 3 aliphatic rings. The van der Waals surface area contributed by atoms with Crippen molar-refractivity contribution >= 4 is 17.7 Å². The number of amides is 3. The highest BCUT2D eigenvalue weighted by Crippen LogP contribution is 2.28. The fourth-order valence-electron chi connectivity index (χ4n) is 4.28. The second-order valence-corrected chi connectivity index (χ2v) is 8.01. The summed E-state index contributed by atoms with van der Waals surface area (Å²) in [7, 11) is 0. The summed E-state index contributed by atoms with van der Waals surface area (Å²) in [5, 5.41) is 8.96. The van der Waals surface area contributed by atoms with Crippen molar-refractivity contribution in [1.82, 2.24) is 25.8 Å². The third kappa shape index (κ3) is 3.40. The van der Waals surface area contributed by atoms with Gasteiger partial charge in [-0.15, -0.1) is 0 Å². The number of nitrogens with one attached hydrogen (secondary N) is 3. The minimum absolute atomic E-state index is 0.152. The van der Waals surface area contributed by atoms with Crippen molar-refractivity contribution in [2.75, 3.05) is 13.1 Å². The monoisotopic (exact) mass is 409 g/mol. The summed E-state index contributed by atoms with van der Waals surface area (Å²) < 4.78 is 5.54. The average molecular weight is 409 g/mol. The van der Waals surface area contributed by atoms with Crippen LogP contribution in [0.4, 0.5) is 0 Å². The van der Waals surface area contributed by atoms with Crippen LogP contribution in [0.25, 0.3) is 0 Å². The van der Waals surface area contributed by atoms with Crippen LogP contribution >= 0.6 is 0 Å². The van der Waals surface area contributed by atoms with Gasteiger partial charge in [-0.2, -0.15) is 0 Å². The fourth-order valence-corrected chi connectivity index (χ4v) is 4.28. The lowest BCUT2D eigenvalue weighted by atomic mass is 9.99. The van der Waals surface area contributed by atoms with Crippen LogP contribution in [-0.4, -0.2) is 46.7 Å². The molecular formula is C21H23N5O4. The first-order chi connectivity index (χ1) is 14.6. The maximum Gasteiger partial charge on any atom is 0.255 e. The van der Waals surface area contributed by atoms with Gasteiger partial charge in [0.25, 0.3) is 5.91 Å². The van der Waals surface area contributed by atoms with Crippen molar-refractivity contribution < 1.29 is 18.8 Å². The van der Waals surface area contributed by atoms with Crippen molar-refractivity contribution in [3.05, 3.63) is 52.7 Å². The molecule has 156 valence electrons. The number of hydrogen-bond acceptors (Lipinski definition) is 7. The van der Waals surface area contributed by atoms with E-state index < -0.39 is 6.04 Å². The maximum atomic E-state index is 12.8. The standard InChI is InChI=1S/C21H23N5O4/c27-18-4-3-17(20(28)25-18)26-10-13-5-12(1-2-15(13)21(26)29)6-22-9-16-19(30-11-24-16)14-7-23-8-14/h1-2,5,11,14,17,22-23H,3-4,6-10H2,(H,25,27,28). The van der Waals surface area contributed by atoms with E-state index in [2.05, 4.69) is 20.9 Å². The number of imide groups is 1. The molecule has 0 aliphatic carbocycles. The van der Waals surface area contributed by atoms with Crippen molar-refractivity contribution in [3.8, 4) is 0 Å². The summed E-state index contributed by atoms with van der Waals surface area (Å²) in [6.07, 6.45) is 2.12. The van der Waals surface area contributed by atoms with Gasteiger partial charge in [-0.05, 0) is 23.6 Å². The van der Waals surface area contributed by atoms with E-state index in [1.54, 1.807) is 4.90 Å². The lowest BCUT2D eigenvalue weighted by molar-refractivity contribution is -0.136. The molecule has 1 aromatic carbocycles. The summed E-state index contributed by atoms with van der Waals surface area (Å²) in [6, 6.07) is 5.17. The summed E-state index contributed by atoms with van der Waals surface area (Å²) in [5.41, 5.74) is 3.52. The Hall–Kier alpha value is -3.04. The van der Waals surface area contributed by atoms with Gasteiger partial charge in [-0.1, -0.05) is 12.1 Å². The number of nitrogens with zero attached hydrogens (tertiary/aromatic N) is 2. The predicted molar refractivity (Wildman–Crippen MR) is 105 cm³/mol. The molecule has 4 heterocycles. The molecule has 3 amide bonds. The number of rotatable bonds is 6. The lowest BCUT2D eigenvalue weighted by Crippen LogP contribution is -2.52. The van der Waals surface area contributed by atoms with Gasteiger partial charge >= 0.3 is 0 Å². The number of piperidine rings is 1. The van der Waals surface area contributed by atoms with Gasteiger partial charge < -0.3 is 20.0 Å². The zero-order chi connectivity index (χ0) is 20.7. The first-order valence-electron chi connectivity index (χ1n) is 10.2. The van der Waals surface area contributed by atoms with E-state index in [4.69, 9.17) is 4.42 Å². The topological polar surface area (TPSA) is 117 Å². The third-order valence-corrected chi connectivity index (χ3v) is 6.03. The molecule has 0 spiro atoms. The summed E-state index contributed by atoms with van der Waals surface area (Å²) >= 11 is 0. The molecule has 1 unspecified atom stereocenters. The van der Waals surface area contributed by atoms with Gasteiger partial charge in [-0.25, -0.2) is 4.98 Å². The van der Waals surface area contributed by atoms with Crippen LogP contribution < -0.4 is 16.0 Å². The van der Waals surface area contributed by atoms with E-state index in [9.17, 15) is 14.4 Å². The Morgan fingerprint density at radius 2 is 2.07 bits per heavy atom. The van der Waals surface area contributed by atoms with Crippen LogP contribution in [0.5, 0.6) is 0 Å². The SMILES string of the molecule is O=C1CCC(N2Cc3cc(CNCc4ncoc4C4CNC4)ccc3C2=O)C(=O)N1. The van der Waals surface area contributed by atoms with Crippen LogP contribution in [0.2, 0.25) is 0 Å². The van der Waals surface area contributed by atoms with Gasteiger partial charge in [0, 0.05) is 50.6 Å². The first kappa shape index (κ1) is 19.0. The van der Waals surface area contributed by atoms with Gasteiger partial charge in [0.1, 0.15) is 11.8 Å². The molecule has 5 rings (SSSR count). The Bertz CT molecular complexity index is 1010. The molecule has 30 heavy (non-hydrogen) atoms.